The molecule has 462 valence electrons. The lowest BCUT2D eigenvalue weighted by Gasteiger charge is -2.43. The van der Waals surface area contributed by atoms with E-state index in [4.69, 9.17) is 9.47 Å². The number of aromatic nitrogens is 2. The van der Waals surface area contributed by atoms with Crippen LogP contribution in [0.3, 0.4) is 0 Å². The Morgan fingerprint density at radius 2 is 0.965 bits per heavy atom. The Kier molecular flexibility index (Phi) is 19.0. The topological polar surface area (TPSA) is 162 Å². The Balaban J connectivity index is 0.591. The van der Waals surface area contributed by atoms with Gasteiger partial charge in [-0.25, -0.2) is 8.78 Å². The molecule has 0 unspecified atom stereocenters. The van der Waals surface area contributed by atoms with Gasteiger partial charge in [-0.2, -0.15) is 0 Å². The van der Waals surface area contributed by atoms with E-state index in [0.29, 0.717) is 75.2 Å². The first-order chi connectivity index (χ1) is 41.3. The Morgan fingerprint density at radius 1 is 0.570 bits per heavy atom. The van der Waals surface area contributed by atoms with E-state index in [-0.39, 0.29) is 58.7 Å². The molecule has 0 spiro atoms. The molecule has 5 aromatic rings. The molecule has 6 aliphatic heterocycles. The number of aromatic amines is 2. The van der Waals surface area contributed by atoms with Crippen molar-refractivity contribution in [2.75, 3.05) is 115 Å². The maximum absolute atomic E-state index is 14.3. The van der Waals surface area contributed by atoms with Crippen molar-refractivity contribution in [2.45, 2.75) is 128 Å². The number of rotatable bonds is 20. The van der Waals surface area contributed by atoms with Crippen LogP contribution in [0, 0.1) is 23.5 Å². The molecule has 0 radical (unpaired) electrons. The zero-order valence-corrected chi connectivity index (χ0v) is 51.4. The zero-order valence-electron chi connectivity index (χ0n) is 51.4. The van der Waals surface area contributed by atoms with Crippen LogP contribution >= 0.6 is 0 Å². The largest absolute Gasteiger partial charge is 0.493 e. The Hall–Kier alpha value is -6.28. The predicted octanol–water partition coefficient (Wildman–Crippen LogP) is 7.46. The number of halogens is 2. The summed E-state index contributed by atoms with van der Waals surface area (Å²) in [6.07, 6.45) is 7.14. The minimum Gasteiger partial charge on any atom is -0.493 e. The van der Waals surface area contributed by atoms with Crippen molar-refractivity contribution >= 4 is 23.2 Å². The number of piperidine rings is 2. The highest BCUT2D eigenvalue weighted by Crippen LogP contribution is 2.41. The number of piperazine rings is 2. The lowest BCUT2D eigenvalue weighted by molar-refractivity contribution is -0.121. The van der Waals surface area contributed by atoms with E-state index in [0.717, 1.165) is 149 Å². The Labute approximate surface area is 506 Å². The Bertz CT molecular complexity index is 3070. The summed E-state index contributed by atoms with van der Waals surface area (Å²) in [5.41, 5.74) is 4.72. The average molecular weight is 1180 g/mol. The third-order valence-corrected chi connectivity index (χ3v) is 19.3. The molecule has 0 aliphatic carbocycles. The van der Waals surface area contributed by atoms with E-state index in [1.54, 1.807) is 24.3 Å². The van der Waals surface area contributed by atoms with Crippen LogP contribution in [-0.2, 0) is 33.3 Å². The fourth-order valence-electron chi connectivity index (χ4n) is 14.2. The van der Waals surface area contributed by atoms with Crippen molar-refractivity contribution in [3.05, 3.63) is 151 Å². The van der Waals surface area contributed by atoms with Crippen LogP contribution in [0.25, 0.3) is 0 Å². The smallest absolute Gasteiger partial charge is 0.251 e. The molecule has 16 nitrogen and oxygen atoms in total. The molecule has 18 heteroatoms. The molecule has 4 N–H and O–H groups in total. The molecule has 8 heterocycles. The summed E-state index contributed by atoms with van der Waals surface area (Å²) >= 11 is 0. The van der Waals surface area contributed by atoms with Gasteiger partial charge in [-0.15, -0.1) is 0 Å². The highest BCUT2D eigenvalue weighted by atomic mass is 19.1. The number of nitrogens with one attached hydrogen (secondary N) is 4. The van der Waals surface area contributed by atoms with Gasteiger partial charge in [0.15, 0.2) is 0 Å². The third kappa shape index (κ3) is 14.8. The van der Waals surface area contributed by atoms with Gasteiger partial charge in [0, 0.05) is 129 Å². The SMILES string of the molecule is C[C@@H]1CN(CC(=O)N2CC(C)(C)c3[nH]c(=O)c(Cc4ccc(F)cc4)cc32)[C@@H](CN2CCC(CCOc3cccc(OCCC4CCN(C[C@H]5CN[C@H](C)CN5CC(=O)N5CC(C)(C)c6[nH]c(=O)c(Cc7ccc(F)cc7)cc65)CC4)c3)CC2)CN1. The standard InChI is InChI=1S/C68H90F2N10O6/c1-45-37-77(41-61(81)79-43-67(3,4)63-59(79)32-51(65(83)73-63)30-49-10-14-53(69)15-11-49)55(35-71-45)39-75-24-18-47(19-25-75)22-28-85-57-8-7-9-58(34-57)86-29-23-48-20-26-76(27-21-48)40-56-36-72-46(2)38-78(56)42-62(82)80-44-68(5,6)64-60(80)33-52(66(84)74-64)31-50-12-16-54(70)17-13-50/h7-17,32-34,45-48,55-56,71-72H,18-31,35-44H2,1-6H3,(H,73,83)(H,74,84)/t45-,46-,55-,56-/m1/s1. The van der Waals surface area contributed by atoms with Gasteiger partial charge in [0.05, 0.1) is 37.7 Å². The maximum atomic E-state index is 14.3. The van der Waals surface area contributed by atoms with Crippen molar-refractivity contribution in [3.63, 3.8) is 0 Å². The maximum Gasteiger partial charge on any atom is 0.251 e. The summed E-state index contributed by atoms with van der Waals surface area (Å²) in [4.78, 5) is 75.0. The van der Waals surface area contributed by atoms with Gasteiger partial charge >= 0.3 is 0 Å². The monoisotopic (exact) mass is 1180 g/mol. The molecule has 11 rings (SSSR count). The molecule has 4 fully saturated rings. The molecular weight excluding hydrogens is 1090 g/mol. The highest BCUT2D eigenvalue weighted by molar-refractivity contribution is 5.98. The fraction of sp³-hybridized carbons (Fsp3) is 0.559. The van der Waals surface area contributed by atoms with Crippen molar-refractivity contribution in [3.8, 4) is 11.5 Å². The van der Waals surface area contributed by atoms with E-state index in [2.05, 4.69) is 81.7 Å². The second-order valence-corrected chi connectivity index (χ2v) is 27.1. The van der Waals surface area contributed by atoms with Crippen LogP contribution in [0.2, 0.25) is 0 Å². The number of likely N-dealkylation sites (tertiary alicyclic amines) is 2. The van der Waals surface area contributed by atoms with Gasteiger partial charge < -0.3 is 49.7 Å². The quantitative estimate of drug-likeness (QED) is 0.0610. The lowest BCUT2D eigenvalue weighted by Crippen LogP contribution is -2.61. The number of hydrogen-bond donors (Lipinski definition) is 4. The van der Waals surface area contributed by atoms with Gasteiger partial charge in [-0.05, 0) is 150 Å². The molecule has 4 saturated heterocycles. The number of nitrogens with zero attached hydrogens (tertiary/aromatic N) is 6. The molecule has 6 aliphatic rings. The molecule has 4 atom stereocenters. The fourth-order valence-corrected chi connectivity index (χ4v) is 14.2. The first-order valence-electron chi connectivity index (χ1n) is 31.7. The summed E-state index contributed by atoms with van der Waals surface area (Å²) in [6, 6.07) is 25.1. The molecule has 3 aromatic carbocycles. The van der Waals surface area contributed by atoms with Crippen LogP contribution in [0.15, 0.2) is 94.5 Å². The molecule has 0 saturated carbocycles. The van der Waals surface area contributed by atoms with E-state index >= 15 is 0 Å². The van der Waals surface area contributed by atoms with Crippen molar-refractivity contribution in [2.24, 2.45) is 11.8 Å². The van der Waals surface area contributed by atoms with E-state index in [9.17, 15) is 28.0 Å². The van der Waals surface area contributed by atoms with E-state index in [1.165, 1.54) is 24.3 Å². The molecule has 2 amide bonds. The first kappa shape index (κ1) is 61.4. The van der Waals surface area contributed by atoms with Gasteiger partial charge in [-0.3, -0.25) is 29.0 Å². The van der Waals surface area contributed by atoms with Crippen LogP contribution in [0.4, 0.5) is 20.2 Å². The number of anilines is 2. The minimum atomic E-state index is -0.408. The molecule has 2 aromatic heterocycles. The second-order valence-electron chi connectivity index (χ2n) is 27.1. The summed E-state index contributed by atoms with van der Waals surface area (Å²) in [6.45, 7) is 24.6. The number of hydrogen-bond acceptors (Lipinski definition) is 12. The van der Waals surface area contributed by atoms with Gasteiger partial charge in [0.2, 0.25) is 11.8 Å². The number of carbonyl (C=O) groups excluding carboxylic acids is 2. The summed E-state index contributed by atoms with van der Waals surface area (Å²) in [7, 11) is 0. The molecular formula is C68H90F2N10O6. The van der Waals surface area contributed by atoms with Crippen LogP contribution in [0.1, 0.15) is 114 Å². The van der Waals surface area contributed by atoms with Crippen molar-refractivity contribution in [1.29, 1.82) is 0 Å². The molecule has 86 heavy (non-hydrogen) atoms. The number of amides is 2. The summed E-state index contributed by atoms with van der Waals surface area (Å²) < 4.78 is 40.0. The second kappa shape index (κ2) is 26.6. The number of fused-ring (bicyclic) bond motifs is 2. The number of H-pyrrole nitrogens is 2. The van der Waals surface area contributed by atoms with Crippen LogP contribution < -0.4 is 41.0 Å². The van der Waals surface area contributed by atoms with E-state index < -0.39 is 10.8 Å². The first-order valence-corrected chi connectivity index (χ1v) is 31.7. The number of benzene rings is 3. The van der Waals surface area contributed by atoms with Crippen molar-refractivity contribution < 1.29 is 27.8 Å². The summed E-state index contributed by atoms with van der Waals surface area (Å²) in [5.74, 6) is 2.28. The predicted molar refractivity (Wildman–Crippen MR) is 334 cm³/mol. The van der Waals surface area contributed by atoms with Gasteiger partial charge in [0.25, 0.3) is 11.1 Å². The van der Waals surface area contributed by atoms with Gasteiger partial charge in [-0.1, -0.05) is 58.0 Å². The Morgan fingerprint density at radius 3 is 1.36 bits per heavy atom. The number of ether oxygens (including phenoxy) is 2. The third-order valence-electron chi connectivity index (χ3n) is 19.3. The number of pyridine rings is 2. The number of carbonyl (C=O) groups is 2. The van der Waals surface area contributed by atoms with E-state index in [1.807, 2.05) is 46.2 Å². The van der Waals surface area contributed by atoms with Gasteiger partial charge in [0.1, 0.15) is 23.1 Å². The van der Waals surface area contributed by atoms with Crippen LogP contribution in [0.5, 0.6) is 11.5 Å². The minimum absolute atomic E-state index is 0.0364. The lowest BCUT2D eigenvalue weighted by atomic mass is 9.91. The van der Waals surface area contributed by atoms with Crippen LogP contribution in [-0.4, -0.2) is 170 Å². The average Bonchev–Trinajstić information content (AvgIpc) is 2.94. The summed E-state index contributed by atoms with van der Waals surface area (Å²) in [5, 5.41) is 7.35. The highest BCUT2D eigenvalue weighted by Gasteiger charge is 2.43. The normalized spacial score (nSPS) is 23.1. The van der Waals surface area contributed by atoms with Crippen molar-refractivity contribution in [1.82, 2.24) is 40.2 Å². The zero-order chi connectivity index (χ0) is 60.3. The molecule has 0 bridgehead atoms.